The van der Waals surface area contributed by atoms with Gasteiger partial charge in [0, 0.05) is 16.8 Å². The number of hydrogen-bond acceptors (Lipinski definition) is 4. The Hall–Kier alpha value is -0.740. The predicted octanol–water partition coefficient (Wildman–Crippen LogP) is 2.45. The van der Waals surface area contributed by atoms with Gasteiger partial charge < -0.3 is 10.8 Å². The van der Waals surface area contributed by atoms with E-state index < -0.39 is 5.60 Å². The number of anilines is 1. The third-order valence-electron chi connectivity index (χ3n) is 3.05. The lowest BCUT2D eigenvalue weighted by Gasteiger charge is -2.31. The second kappa shape index (κ2) is 5.06. The molecule has 1 fully saturated rings. The second-order valence-electron chi connectivity index (χ2n) is 4.49. The Morgan fingerprint density at radius 1 is 1.31 bits per heavy atom. The normalized spacial score (nSPS) is 19.6. The van der Waals surface area contributed by atoms with Gasteiger partial charge in [-0.2, -0.15) is 0 Å². The topological polar surface area (TPSA) is 59.1 Å². The van der Waals surface area contributed by atoms with E-state index in [0.29, 0.717) is 5.82 Å². The van der Waals surface area contributed by atoms with Crippen LogP contribution in [0.5, 0.6) is 0 Å². The zero-order chi connectivity index (χ0) is 11.4. The first-order valence-corrected chi connectivity index (χ1v) is 6.73. The van der Waals surface area contributed by atoms with Crippen molar-refractivity contribution in [2.75, 3.05) is 11.5 Å². The summed E-state index contributed by atoms with van der Waals surface area (Å²) in [4.78, 5) is 5.12. The van der Waals surface area contributed by atoms with Gasteiger partial charge in [-0.15, -0.1) is 11.8 Å². The van der Waals surface area contributed by atoms with E-state index in [1.165, 1.54) is 6.42 Å². The zero-order valence-corrected chi connectivity index (χ0v) is 10.2. The van der Waals surface area contributed by atoms with Crippen LogP contribution in [-0.2, 0) is 0 Å². The molecule has 0 amide bonds. The lowest BCUT2D eigenvalue weighted by Crippen LogP contribution is -2.33. The summed E-state index contributed by atoms with van der Waals surface area (Å²) in [5, 5.41) is 10.3. The number of hydrogen-bond donors (Lipinski definition) is 2. The molecule has 1 aromatic rings. The van der Waals surface area contributed by atoms with Crippen molar-refractivity contribution in [1.82, 2.24) is 4.98 Å². The van der Waals surface area contributed by atoms with Crippen LogP contribution in [0.2, 0.25) is 0 Å². The highest BCUT2D eigenvalue weighted by atomic mass is 32.2. The van der Waals surface area contributed by atoms with Crippen LogP contribution in [0.1, 0.15) is 32.1 Å². The van der Waals surface area contributed by atoms with Crippen molar-refractivity contribution in [2.24, 2.45) is 0 Å². The molecule has 88 valence electrons. The van der Waals surface area contributed by atoms with Crippen molar-refractivity contribution in [3.05, 3.63) is 18.3 Å². The van der Waals surface area contributed by atoms with Gasteiger partial charge in [0.05, 0.1) is 5.60 Å². The summed E-state index contributed by atoms with van der Waals surface area (Å²) in [6.45, 7) is 0. The molecule has 2 rings (SSSR count). The molecule has 1 aromatic heterocycles. The van der Waals surface area contributed by atoms with Crippen LogP contribution in [0.3, 0.4) is 0 Å². The second-order valence-corrected chi connectivity index (χ2v) is 5.54. The number of nitrogens with zero attached hydrogens (tertiary/aromatic N) is 1. The van der Waals surface area contributed by atoms with E-state index in [4.69, 9.17) is 5.73 Å². The van der Waals surface area contributed by atoms with Crippen LogP contribution in [0.15, 0.2) is 23.2 Å². The SMILES string of the molecule is Nc1ccc(SCC2(O)CCCCC2)cn1. The van der Waals surface area contributed by atoms with Crippen LogP contribution in [-0.4, -0.2) is 21.4 Å². The average molecular weight is 238 g/mol. The molecule has 0 unspecified atom stereocenters. The van der Waals surface area contributed by atoms with Crippen LogP contribution in [0, 0.1) is 0 Å². The number of rotatable bonds is 3. The molecule has 0 saturated heterocycles. The summed E-state index contributed by atoms with van der Waals surface area (Å²) in [6, 6.07) is 3.76. The maximum absolute atomic E-state index is 10.3. The molecule has 3 N–H and O–H groups in total. The molecular weight excluding hydrogens is 220 g/mol. The fraction of sp³-hybridized carbons (Fsp3) is 0.583. The van der Waals surface area contributed by atoms with E-state index in [9.17, 15) is 5.11 Å². The van der Waals surface area contributed by atoms with Crippen molar-refractivity contribution in [1.29, 1.82) is 0 Å². The first-order valence-electron chi connectivity index (χ1n) is 5.75. The number of aromatic nitrogens is 1. The lowest BCUT2D eigenvalue weighted by atomic mass is 9.86. The molecule has 16 heavy (non-hydrogen) atoms. The van der Waals surface area contributed by atoms with Crippen molar-refractivity contribution in [3.63, 3.8) is 0 Å². The molecule has 1 aliphatic rings. The standard InChI is InChI=1S/C12H18N2OS/c13-11-5-4-10(8-14-11)16-9-12(15)6-2-1-3-7-12/h4-5,8,15H,1-3,6-7,9H2,(H2,13,14). The summed E-state index contributed by atoms with van der Waals surface area (Å²) in [7, 11) is 0. The Kier molecular flexibility index (Phi) is 3.71. The van der Waals surface area contributed by atoms with Gasteiger partial charge in [0.25, 0.3) is 0 Å². The van der Waals surface area contributed by atoms with Crippen molar-refractivity contribution in [2.45, 2.75) is 42.6 Å². The molecule has 0 aliphatic heterocycles. The Morgan fingerprint density at radius 3 is 2.69 bits per heavy atom. The summed E-state index contributed by atoms with van der Waals surface area (Å²) in [6.07, 6.45) is 7.20. The van der Waals surface area contributed by atoms with E-state index in [1.807, 2.05) is 6.07 Å². The molecule has 3 nitrogen and oxygen atoms in total. The Balaban J connectivity index is 1.88. The maximum Gasteiger partial charge on any atom is 0.123 e. The number of nitrogen functional groups attached to an aromatic ring is 1. The molecule has 0 spiro atoms. The number of thioether (sulfide) groups is 1. The number of pyridine rings is 1. The van der Waals surface area contributed by atoms with E-state index >= 15 is 0 Å². The van der Waals surface area contributed by atoms with Crippen LogP contribution in [0.25, 0.3) is 0 Å². The molecule has 0 aromatic carbocycles. The van der Waals surface area contributed by atoms with Crippen molar-refractivity contribution < 1.29 is 5.11 Å². The average Bonchev–Trinajstić information content (AvgIpc) is 2.29. The summed E-state index contributed by atoms with van der Waals surface area (Å²) in [5.74, 6) is 1.30. The van der Waals surface area contributed by atoms with Crippen LogP contribution in [0.4, 0.5) is 5.82 Å². The van der Waals surface area contributed by atoms with E-state index in [-0.39, 0.29) is 0 Å². The van der Waals surface area contributed by atoms with E-state index in [2.05, 4.69) is 4.98 Å². The van der Waals surface area contributed by atoms with Gasteiger partial charge in [0.15, 0.2) is 0 Å². The quantitative estimate of drug-likeness (QED) is 0.794. The minimum Gasteiger partial charge on any atom is -0.389 e. The molecular formula is C12H18N2OS. The zero-order valence-electron chi connectivity index (χ0n) is 9.35. The summed E-state index contributed by atoms with van der Waals surface area (Å²) in [5.41, 5.74) is 5.05. The highest BCUT2D eigenvalue weighted by Gasteiger charge is 2.28. The molecule has 1 aliphatic carbocycles. The van der Waals surface area contributed by atoms with Crippen molar-refractivity contribution in [3.8, 4) is 0 Å². The Bertz CT molecular complexity index is 333. The van der Waals surface area contributed by atoms with Gasteiger partial charge in [0.2, 0.25) is 0 Å². The third kappa shape index (κ3) is 3.12. The molecule has 1 heterocycles. The van der Waals surface area contributed by atoms with Gasteiger partial charge in [-0.25, -0.2) is 4.98 Å². The van der Waals surface area contributed by atoms with Gasteiger partial charge in [-0.1, -0.05) is 19.3 Å². The number of nitrogens with two attached hydrogens (primary N) is 1. The van der Waals surface area contributed by atoms with Gasteiger partial charge in [-0.3, -0.25) is 0 Å². The van der Waals surface area contributed by atoms with E-state index in [0.717, 1.165) is 36.3 Å². The summed E-state index contributed by atoms with van der Waals surface area (Å²) >= 11 is 1.67. The minimum atomic E-state index is -0.468. The monoisotopic (exact) mass is 238 g/mol. The van der Waals surface area contributed by atoms with Crippen LogP contribution >= 0.6 is 11.8 Å². The Morgan fingerprint density at radius 2 is 2.06 bits per heavy atom. The first-order chi connectivity index (χ1) is 7.68. The van der Waals surface area contributed by atoms with Gasteiger partial charge >= 0.3 is 0 Å². The van der Waals surface area contributed by atoms with Gasteiger partial charge in [0.1, 0.15) is 5.82 Å². The molecule has 0 bridgehead atoms. The fourth-order valence-corrected chi connectivity index (χ4v) is 3.06. The number of aliphatic hydroxyl groups is 1. The minimum absolute atomic E-state index is 0.468. The first kappa shape index (κ1) is 11.7. The Labute approximate surface area is 100 Å². The highest BCUT2D eigenvalue weighted by Crippen LogP contribution is 2.33. The highest BCUT2D eigenvalue weighted by molar-refractivity contribution is 7.99. The predicted molar refractivity (Wildman–Crippen MR) is 67.4 cm³/mol. The van der Waals surface area contributed by atoms with Gasteiger partial charge in [-0.05, 0) is 25.0 Å². The lowest BCUT2D eigenvalue weighted by molar-refractivity contribution is 0.0273. The smallest absolute Gasteiger partial charge is 0.123 e. The molecule has 0 atom stereocenters. The van der Waals surface area contributed by atoms with E-state index in [1.54, 1.807) is 24.0 Å². The van der Waals surface area contributed by atoms with Crippen molar-refractivity contribution >= 4 is 17.6 Å². The summed E-state index contributed by atoms with van der Waals surface area (Å²) < 4.78 is 0. The molecule has 4 heteroatoms. The molecule has 1 saturated carbocycles. The maximum atomic E-state index is 10.3. The van der Waals surface area contributed by atoms with Crippen LogP contribution < -0.4 is 5.73 Å². The fourth-order valence-electron chi connectivity index (χ4n) is 2.05. The largest absolute Gasteiger partial charge is 0.389 e. The molecule has 0 radical (unpaired) electrons. The third-order valence-corrected chi connectivity index (χ3v) is 4.31.